The van der Waals surface area contributed by atoms with Crippen molar-refractivity contribution >= 4 is 109 Å². The Morgan fingerprint density at radius 2 is 1.50 bits per heavy atom. The van der Waals surface area contributed by atoms with Crippen LogP contribution in [0.5, 0.6) is 0 Å². The summed E-state index contributed by atoms with van der Waals surface area (Å²) in [5.41, 5.74) is 0. The van der Waals surface area contributed by atoms with Crippen LogP contribution in [0.1, 0.15) is 0 Å². The van der Waals surface area contributed by atoms with Gasteiger partial charge < -0.3 is 9.68 Å². The average molecular weight is 262 g/mol. The monoisotopic (exact) mass is 261 g/mol. The van der Waals surface area contributed by atoms with E-state index in [1.807, 2.05) is 0 Å². The Balaban J connectivity index is -0.0000000183. The van der Waals surface area contributed by atoms with Crippen molar-refractivity contribution in [3.63, 3.8) is 0 Å². The summed E-state index contributed by atoms with van der Waals surface area (Å²) < 4.78 is 8.10. The van der Waals surface area contributed by atoms with Crippen LogP contribution in [-0.2, 0) is 32.3 Å². The second-order valence-electron chi connectivity index (χ2n) is 0.175. The average Bonchev–Trinajstić information content (AvgIpc) is 1.72. The van der Waals surface area contributed by atoms with Crippen LogP contribution >= 0.6 is 0 Å². The minimum absolute atomic E-state index is 0. The van der Waals surface area contributed by atoms with E-state index >= 15 is 0 Å². The first kappa shape index (κ1) is 22.5. The van der Waals surface area contributed by atoms with Crippen molar-refractivity contribution in [1.29, 1.82) is 0 Å². The fraction of sp³-hybridized carbons (Fsp3) is 0. The summed E-state index contributed by atoms with van der Waals surface area (Å²) in [5.74, 6) is 0. The van der Waals surface area contributed by atoms with E-state index in [4.69, 9.17) is 13.5 Å². The molecule has 0 aromatic carbocycles. The minimum atomic E-state index is 0. The molecular formula is CHK2O4Pd-. The molecule has 4 nitrogen and oxygen atoms in total. The van der Waals surface area contributed by atoms with Crippen molar-refractivity contribution < 1.29 is 37.6 Å². The standard InChI is InChI=1S/CHO3.2K.O.Pd/c2-1-4-3;;;;/h3H;;;;/q-1;;;;. The SMILES string of the molecule is O=[C-]OO.[K].[K].[O]=[Pd]. The summed E-state index contributed by atoms with van der Waals surface area (Å²) in [6.45, 7) is 0.736. The molecule has 0 amide bonds. The Morgan fingerprint density at radius 1 is 1.38 bits per heavy atom. The zero-order chi connectivity index (χ0) is 5.41. The van der Waals surface area contributed by atoms with E-state index in [1.54, 1.807) is 0 Å². The van der Waals surface area contributed by atoms with E-state index < -0.39 is 0 Å². The Hall–Kier alpha value is 3.17. The zero-order valence-electron chi connectivity index (χ0n) is 4.49. The van der Waals surface area contributed by atoms with Crippen molar-refractivity contribution in [3.8, 4) is 0 Å². The number of carbonyl (C=O) groups excluding carboxylic acids is 1. The molecule has 42 valence electrons. The van der Waals surface area contributed by atoms with Gasteiger partial charge in [0.1, 0.15) is 0 Å². The van der Waals surface area contributed by atoms with Gasteiger partial charge in [0.2, 0.25) is 0 Å². The van der Waals surface area contributed by atoms with Gasteiger partial charge in [-0.3, -0.25) is 0 Å². The number of rotatable bonds is 1. The molecule has 0 aromatic heterocycles. The van der Waals surface area contributed by atoms with Crippen molar-refractivity contribution in [1.82, 2.24) is 0 Å². The molecule has 8 heavy (non-hydrogen) atoms. The molecule has 0 atom stereocenters. The molecule has 0 fully saturated rings. The third kappa shape index (κ3) is 35.2. The molecule has 2 radical (unpaired) electrons. The van der Waals surface area contributed by atoms with Crippen LogP contribution < -0.4 is 0 Å². The van der Waals surface area contributed by atoms with Crippen LogP contribution in [0.2, 0.25) is 0 Å². The van der Waals surface area contributed by atoms with Gasteiger partial charge in [-0.1, -0.05) is 0 Å². The molecule has 0 saturated carbocycles. The molecule has 0 bridgehead atoms. The Kier molecular flexibility index (Phi) is 89.9. The van der Waals surface area contributed by atoms with Gasteiger partial charge >= 0.3 is 22.6 Å². The van der Waals surface area contributed by atoms with Crippen molar-refractivity contribution in [2.45, 2.75) is 0 Å². The van der Waals surface area contributed by atoms with E-state index in [9.17, 15) is 0 Å². The molecule has 0 unspecified atom stereocenters. The Labute approximate surface area is 143 Å². The molecule has 0 rings (SSSR count). The molecule has 0 aromatic rings. The van der Waals surface area contributed by atoms with Crippen molar-refractivity contribution in [2.75, 3.05) is 0 Å². The number of hydrogen-bond acceptors (Lipinski definition) is 4. The quantitative estimate of drug-likeness (QED) is 0.275. The van der Waals surface area contributed by atoms with Gasteiger partial charge in [-0.2, -0.15) is 0 Å². The third-order valence-electron chi connectivity index (χ3n) is 0.0373. The van der Waals surface area contributed by atoms with Gasteiger partial charge in [0.25, 0.3) is 0 Å². The maximum absolute atomic E-state index is 8.58. The van der Waals surface area contributed by atoms with E-state index in [-0.39, 0.29) is 103 Å². The Bertz CT molecular complexity index is 35.2. The third-order valence-corrected chi connectivity index (χ3v) is 0.0373. The van der Waals surface area contributed by atoms with Gasteiger partial charge in [-0.25, -0.2) is 5.26 Å². The van der Waals surface area contributed by atoms with Crippen LogP contribution in [0.4, 0.5) is 0 Å². The van der Waals surface area contributed by atoms with E-state index in [2.05, 4.69) is 4.89 Å². The fourth-order valence-corrected chi connectivity index (χ4v) is 0. The number of hydrogen-bond donors (Lipinski definition) is 1. The second-order valence-corrected chi connectivity index (χ2v) is 0.175. The normalized spacial score (nSPS) is 3.38. The molecule has 0 saturated heterocycles. The van der Waals surface area contributed by atoms with E-state index in [0.717, 1.165) is 6.47 Å². The van der Waals surface area contributed by atoms with Crippen LogP contribution in [-0.4, -0.2) is 114 Å². The summed E-state index contributed by atoms with van der Waals surface area (Å²) in [4.78, 5) is 11.3. The second kappa shape index (κ2) is 32.0. The molecule has 0 spiro atoms. The van der Waals surface area contributed by atoms with Crippen LogP contribution in [0.25, 0.3) is 0 Å². The molecule has 0 heterocycles. The predicted octanol–water partition coefficient (Wildman–Crippen LogP) is -1.34. The molecule has 0 aliphatic heterocycles. The predicted molar refractivity (Wildman–Crippen MR) is 21.6 cm³/mol. The van der Waals surface area contributed by atoms with Crippen LogP contribution in [0.15, 0.2) is 0 Å². The summed E-state index contributed by atoms with van der Waals surface area (Å²) in [5, 5.41) is 6.95. The summed E-state index contributed by atoms with van der Waals surface area (Å²) in [6, 6.07) is 0. The summed E-state index contributed by atoms with van der Waals surface area (Å²) in [6.07, 6.45) is 0. The van der Waals surface area contributed by atoms with E-state index in [0.29, 0.717) is 0 Å². The van der Waals surface area contributed by atoms with Crippen molar-refractivity contribution in [2.24, 2.45) is 0 Å². The van der Waals surface area contributed by atoms with Gasteiger partial charge in [-0.15, -0.1) is 0 Å². The van der Waals surface area contributed by atoms with Crippen LogP contribution in [0.3, 0.4) is 0 Å². The van der Waals surface area contributed by atoms with Crippen molar-refractivity contribution in [3.05, 3.63) is 0 Å². The topological polar surface area (TPSA) is 63.6 Å². The molecular weight excluding hydrogens is 261 g/mol. The fourth-order valence-electron chi connectivity index (χ4n) is 0. The molecule has 7 heteroatoms. The van der Waals surface area contributed by atoms with Gasteiger partial charge in [-0.05, 0) is 6.47 Å². The summed E-state index contributed by atoms with van der Waals surface area (Å²) >= 11 is 1.50. The maximum atomic E-state index is 8.58. The first-order valence-electron chi connectivity index (χ1n) is 0.720. The van der Waals surface area contributed by atoms with Crippen LogP contribution in [0, 0.1) is 0 Å². The summed E-state index contributed by atoms with van der Waals surface area (Å²) in [7, 11) is 0. The van der Waals surface area contributed by atoms with Gasteiger partial charge in [0, 0.05) is 103 Å². The first-order chi connectivity index (χ1) is 2.91. The Morgan fingerprint density at radius 3 is 1.50 bits per heavy atom. The van der Waals surface area contributed by atoms with E-state index in [1.165, 1.54) is 19.2 Å². The zero-order valence-corrected chi connectivity index (χ0v) is 12.3. The molecule has 1 N–H and O–H groups in total. The molecule has 0 aliphatic rings. The van der Waals surface area contributed by atoms with Gasteiger partial charge in [0.05, 0.1) is 0 Å². The first-order valence-corrected chi connectivity index (χ1v) is 1.35. The van der Waals surface area contributed by atoms with Gasteiger partial charge in [0.15, 0.2) is 0 Å². The molecule has 0 aliphatic carbocycles.